The summed E-state index contributed by atoms with van der Waals surface area (Å²) in [7, 11) is 0. The summed E-state index contributed by atoms with van der Waals surface area (Å²) in [5, 5.41) is 7.56. The van der Waals surface area contributed by atoms with E-state index >= 15 is 0 Å². The number of hydrazone groups is 1. The molecule has 0 amide bonds. The van der Waals surface area contributed by atoms with Crippen molar-refractivity contribution in [1.82, 2.24) is 5.43 Å². The molecule has 0 saturated heterocycles. The minimum Gasteiger partial charge on any atom is -0.331 e. The molecule has 0 aliphatic heterocycles. The van der Waals surface area contributed by atoms with Crippen molar-refractivity contribution in [2.24, 2.45) is 11.0 Å². The van der Waals surface area contributed by atoms with Gasteiger partial charge in [-0.3, -0.25) is 5.43 Å². The van der Waals surface area contributed by atoms with E-state index in [9.17, 15) is 0 Å². The molecule has 0 aromatic heterocycles. The first-order valence-electron chi connectivity index (χ1n) is 5.25. The molecule has 2 N–H and O–H groups in total. The standard InChI is InChI=1S/C12H17N3S/c1-9(2)8-13-15-12(16)14-11-6-4-10(3)5-7-11/h4-9H,1-3H3,(H2,14,15,16). The van der Waals surface area contributed by atoms with Gasteiger partial charge in [0.15, 0.2) is 5.11 Å². The van der Waals surface area contributed by atoms with Gasteiger partial charge in [-0.25, -0.2) is 0 Å². The number of benzene rings is 1. The van der Waals surface area contributed by atoms with Crippen LogP contribution in [0.15, 0.2) is 29.4 Å². The van der Waals surface area contributed by atoms with Crippen LogP contribution in [-0.4, -0.2) is 11.3 Å². The Morgan fingerprint density at radius 1 is 1.31 bits per heavy atom. The molecule has 0 radical (unpaired) electrons. The van der Waals surface area contributed by atoms with E-state index in [1.165, 1.54) is 5.56 Å². The van der Waals surface area contributed by atoms with Crippen LogP contribution >= 0.6 is 12.2 Å². The van der Waals surface area contributed by atoms with Crippen molar-refractivity contribution in [1.29, 1.82) is 0 Å². The van der Waals surface area contributed by atoms with Crippen molar-refractivity contribution in [3.63, 3.8) is 0 Å². The van der Waals surface area contributed by atoms with Crippen LogP contribution in [0.25, 0.3) is 0 Å². The summed E-state index contributed by atoms with van der Waals surface area (Å²) in [4.78, 5) is 0. The van der Waals surface area contributed by atoms with Gasteiger partial charge in [-0.05, 0) is 37.2 Å². The fraction of sp³-hybridized carbons (Fsp3) is 0.333. The van der Waals surface area contributed by atoms with Crippen LogP contribution in [0, 0.1) is 12.8 Å². The Morgan fingerprint density at radius 2 is 1.94 bits per heavy atom. The van der Waals surface area contributed by atoms with Gasteiger partial charge in [-0.15, -0.1) is 0 Å². The lowest BCUT2D eigenvalue weighted by Crippen LogP contribution is -2.24. The van der Waals surface area contributed by atoms with E-state index < -0.39 is 0 Å². The Hall–Kier alpha value is -1.42. The Morgan fingerprint density at radius 3 is 2.50 bits per heavy atom. The maximum atomic E-state index is 5.08. The SMILES string of the molecule is Cc1ccc(NC(=S)NN=CC(C)C)cc1. The summed E-state index contributed by atoms with van der Waals surface area (Å²) in [5.74, 6) is 0.412. The third-order valence-electron chi connectivity index (χ3n) is 1.85. The van der Waals surface area contributed by atoms with Crippen LogP contribution in [0.4, 0.5) is 5.69 Å². The maximum absolute atomic E-state index is 5.08. The molecular weight excluding hydrogens is 218 g/mol. The normalized spacial score (nSPS) is 10.8. The average Bonchev–Trinajstić information content (AvgIpc) is 2.21. The molecule has 1 aromatic rings. The lowest BCUT2D eigenvalue weighted by Gasteiger charge is -2.07. The van der Waals surface area contributed by atoms with Crippen LogP contribution in [0.5, 0.6) is 0 Å². The molecule has 0 saturated carbocycles. The number of hydrogen-bond donors (Lipinski definition) is 2. The number of hydrogen-bond acceptors (Lipinski definition) is 2. The van der Waals surface area contributed by atoms with Gasteiger partial charge in [-0.1, -0.05) is 31.5 Å². The van der Waals surface area contributed by atoms with Gasteiger partial charge in [0.25, 0.3) is 0 Å². The van der Waals surface area contributed by atoms with E-state index in [0.29, 0.717) is 11.0 Å². The molecule has 0 atom stereocenters. The number of thiocarbonyl (C=S) groups is 1. The molecule has 86 valence electrons. The lowest BCUT2D eigenvalue weighted by atomic mass is 10.2. The Balaban J connectivity index is 2.43. The molecule has 0 aliphatic rings. The zero-order valence-corrected chi connectivity index (χ0v) is 10.6. The van der Waals surface area contributed by atoms with Gasteiger partial charge in [0.1, 0.15) is 0 Å². The quantitative estimate of drug-likeness (QED) is 0.480. The smallest absolute Gasteiger partial charge is 0.191 e. The molecule has 0 unspecified atom stereocenters. The van der Waals surface area contributed by atoms with Crippen LogP contribution in [-0.2, 0) is 0 Å². The number of nitrogens with one attached hydrogen (secondary N) is 2. The Labute approximate surface area is 102 Å². The molecule has 4 heteroatoms. The van der Waals surface area contributed by atoms with Gasteiger partial charge in [-0.2, -0.15) is 5.10 Å². The molecule has 0 spiro atoms. The zero-order chi connectivity index (χ0) is 12.0. The van der Waals surface area contributed by atoms with E-state index in [0.717, 1.165) is 5.69 Å². The maximum Gasteiger partial charge on any atom is 0.191 e. The highest BCUT2D eigenvalue weighted by Crippen LogP contribution is 2.07. The van der Waals surface area contributed by atoms with Crippen LogP contribution in [0.3, 0.4) is 0 Å². The number of anilines is 1. The zero-order valence-electron chi connectivity index (χ0n) is 9.82. The highest BCUT2D eigenvalue weighted by molar-refractivity contribution is 7.80. The van der Waals surface area contributed by atoms with E-state index in [4.69, 9.17) is 12.2 Å². The summed E-state index contributed by atoms with van der Waals surface area (Å²) in [6.07, 6.45) is 1.81. The monoisotopic (exact) mass is 235 g/mol. The van der Waals surface area contributed by atoms with Crippen molar-refractivity contribution >= 4 is 29.2 Å². The molecule has 0 bridgehead atoms. The van der Waals surface area contributed by atoms with Crippen molar-refractivity contribution in [2.75, 3.05) is 5.32 Å². The van der Waals surface area contributed by atoms with E-state index in [-0.39, 0.29) is 0 Å². The topological polar surface area (TPSA) is 36.4 Å². The molecule has 0 fully saturated rings. The van der Waals surface area contributed by atoms with Gasteiger partial charge in [0.05, 0.1) is 0 Å². The predicted octanol–water partition coefficient (Wildman–Crippen LogP) is 2.92. The summed E-state index contributed by atoms with van der Waals surface area (Å²) >= 11 is 5.08. The first-order valence-corrected chi connectivity index (χ1v) is 5.65. The largest absolute Gasteiger partial charge is 0.331 e. The molecule has 0 aliphatic carbocycles. The van der Waals surface area contributed by atoms with Crippen molar-refractivity contribution in [2.45, 2.75) is 20.8 Å². The van der Waals surface area contributed by atoms with Gasteiger partial charge < -0.3 is 5.32 Å². The van der Waals surface area contributed by atoms with Crippen LogP contribution in [0.2, 0.25) is 0 Å². The summed E-state index contributed by atoms with van der Waals surface area (Å²) in [6.45, 7) is 6.16. The highest BCUT2D eigenvalue weighted by atomic mass is 32.1. The summed E-state index contributed by atoms with van der Waals surface area (Å²) in [6, 6.07) is 8.02. The molecule has 1 aromatic carbocycles. The number of nitrogens with zero attached hydrogens (tertiary/aromatic N) is 1. The van der Waals surface area contributed by atoms with Crippen molar-refractivity contribution < 1.29 is 0 Å². The highest BCUT2D eigenvalue weighted by Gasteiger charge is 1.95. The molecular formula is C12H17N3S. The summed E-state index contributed by atoms with van der Waals surface area (Å²) in [5.41, 5.74) is 4.95. The fourth-order valence-electron chi connectivity index (χ4n) is 1.04. The molecule has 3 nitrogen and oxygen atoms in total. The van der Waals surface area contributed by atoms with Crippen LogP contribution < -0.4 is 10.7 Å². The molecule has 1 rings (SSSR count). The fourth-order valence-corrected chi connectivity index (χ4v) is 1.21. The predicted molar refractivity (Wildman–Crippen MR) is 73.9 cm³/mol. The second-order valence-corrected chi connectivity index (χ2v) is 4.36. The lowest BCUT2D eigenvalue weighted by molar-refractivity contribution is 0.886. The molecule has 16 heavy (non-hydrogen) atoms. The van der Waals surface area contributed by atoms with E-state index in [2.05, 4.69) is 29.7 Å². The minimum absolute atomic E-state index is 0.412. The van der Waals surface area contributed by atoms with Gasteiger partial charge in [0, 0.05) is 11.9 Å². The van der Waals surface area contributed by atoms with Gasteiger partial charge >= 0.3 is 0 Å². The number of aryl methyl sites for hydroxylation is 1. The van der Waals surface area contributed by atoms with Crippen molar-refractivity contribution in [3.05, 3.63) is 29.8 Å². The second-order valence-electron chi connectivity index (χ2n) is 3.95. The van der Waals surface area contributed by atoms with Crippen molar-refractivity contribution in [3.8, 4) is 0 Å². The Bertz CT molecular complexity index is 368. The number of rotatable bonds is 3. The first kappa shape index (κ1) is 12.6. The Kier molecular flexibility index (Phi) is 4.92. The summed E-state index contributed by atoms with van der Waals surface area (Å²) < 4.78 is 0. The third-order valence-corrected chi connectivity index (χ3v) is 2.04. The first-order chi connectivity index (χ1) is 7.58. The third kappa shape index (κ3) is 4.89. The molecule has 0 heterocycles. The minimum atomic E-state index is 0.412. The van der Waals surface area contributed by atoms with E-state index in [1.54, 1.807) is 0 Å². The van der Waals surface area contributed by atoms with Gasteiger partial charge in [0.2, 0.25) is 0 Å². The second kappa shape index (κ2) is 6.23. The average molecular weight is 235 g/mol. The van der Waals surface area contributed by atoms with Crippen LogP contribution in [0.1, 0.15) is 19.4 Å². The van der Waals surface area contributed by atoms with E-state index in [1.807, 2.05) is 37.4 Å².